The molecule has 20 heavy (non-hydrogen) atoms. The third-order valence-corrected chi connectivity index (χ3v) is 4.37. The number of halogens is 2. The first-order valence-corrected chi connectivity index (χ1v) is 7.51. The molecule has 0 aliphatic rings. The van der Waals surface area contributed by atoms with Crippen molar-refractivity contribution in [3.63, 3.8) is 0 Å². The van der Waals surface area contributed by atoms with E-state index in [1.54, 1.807) is 6.07 Å². The molecule has 0 aliphatic carbocycles. The highest BCUT2D eigenvalue weighted by atomic mass is 35.5. The number of aryl methyl sites for hydroxylation is 1. The van der Waals surface area contributed by atoms with Crippen LogP contribution in [0.2, 0.25) is 10.0 Å². The summed E-state index contributed by atoms with van der Waals surface area (Å²) in [4.78, 5) is 0. The second-order valence-electron chi connectivity index (χ2n) is 5.12. The van der Waals surface area contributed by atoms with E-state index in [0.29, 0.717) is 5.02 Å². The Labute approximate surface area is 130 Å². The fraction of sp³-hybridized carbons (Fsp3) is 0.375. The van der Waals surface area contributed by atoms with Crippen molar-refractivity contribution >= 4 is 23.2 Å². The molecule has 1 N–H and O–H groups in total. The van der Waals surface area contributed by atoms with Crippen LogP contribution in [-0.4, -0.2) is 11.1 Å². The van der Waals surface area contributed by atoms with Crippen molar-refractivity contribution in [1.82, 2.24) is 9.88 Å². The summed E-state index contributed by atoms with van der Waals surface area (Å²) in [6.07, 6.45) is 0.904. The maximum Gasteiger partial charge on any atom is 0.0453 e. The van der Waals surface area contributed by atoms with Gasteiger partial charge in [-0.1, -0.05) is 29.3 Å². The third-order valence-electron chi connectivity index (χ3n) is 3.78. The van der Waals surface area contributed by atoms with Gasteiger partial charge in [0.25, 0.3) is 0 Å². The maximum atomic E-state index is 6.16. The molecular weight excluding hydrogens is 291 g/mol. The van der Waals surface area contributed by atoms with Gasteiger partial charge in [-0.25, -0.2) is 0 Å². The zero-order valence-corrected chi connectivity index (χ0v) is 13.6. The standard InChI is InChI=1S/C16H20Cl2N2/c1-11-8-14(12(2)20(11)3)10-19-7-6-13-4-5-15(17)9-16(13)18/h4-5,8-9,19H,6-7,10H2,1-3H3. The largest absolute Gasteiger partial charge is 0.352 e. The summed E-state index contributed by atoms with van der Waals surface area (Å²) in [6, 6.07) is 7.90. The predicted molar refractivity (Wildman–Crippen MR) is 86.8 cm³/mol. The van der Waals surface area contributed by atoms with E-state index in [2.05, 4.69) is 36.8 Å². The van der Waals surface area contributed by atoms with Crippen molar-refractivity contribution in [3.05, 3.63) is 56.8 Å². The van der Waals surface area contributed by atoms with Gasteiger partial charge in [0.2, 0.25) is 0 Å². The minimum absolute atomic E-state index is 0.682. The highest BCUT2D eigenvalue weighted by molar-refractivity contribution is 6.35. The smallest absolute Gasteiger partial charge is 0.0453 e. The molecule has 1 aromatic carbocycles. The number of nitrogens with zero attached hydrogens (tertiary/aromatic N) is 1. The summed E-state index contributed by atoms with van der Waals surface area (Å²) >= 11 is 12.0. The summed E-state index contributed by atoms with van der Waals surface area (Å²) in [7, 11) is 2.10. The van der Waals surface area contributed by atoms with Crippen LogP contribution in [0.3, 0.4) is 0 Å². The Hall–Kier alpha value is -0.960. The molecule has 2 rings (SSSR count). The first-order chi connectivity index (χ1) is 9.49. The first kappa shape index (κ1) is 15.4. The average molecular weight is 311 g/mol. The lowest BCUT2D eigenvalue weighted by atomic mass is 10.1. The molecule has 1 aromatic heterocycles. The van der Waals surface area contributed by atoms with Crippen LogP contribution in [0.4, 0.5) is 0 Å². The second-order valence-corrected chi connectivity index (χ2v) is 5.96. The molecule has 0 aliphatic heterocycles. The van der Waals surface area contributed by atoms with Crippen LogP contribution < -0.4 is 5.32 Å². The monoisotopic (exact) mass is 310 g/mol. The van der Waals surface area contributed by atoms with Crippen LogP contribution in [0, 0.1) is 13.8 Å². The lowest BCUT2D eigenvalue weighted by Gasteiger charge is -2.07. The van der Waals surface area contributed by atoms with Crippen molar-refractivity contribution in [2.45, 2.75) is 26.8 Å². The molecule has 1 heterocycles. The maximum absolute atomic E-state index is 6.16. The van der Waals surface area contributed by atoms with E-state index < -0.39 is 0 Å². The second kappa shape index (κ2) is 6.66. The molecule has 0 atom stereocenters. The molecule has 0 unspecified atom stereocenters. The summed E-state index contributed by atoms with van der Waals surface area (Å²) in [5.74, 6) is 0. The van der Waals surface area contributed by atoms with Gasteiger partial charge in [0.05, 0.1) is 0 Å². The Bertz CT molecular complexity index is 603. The molecule has 0 radical (unpaired) electrons. The Balaban J connectivity index is 1.86. The Morgan fingerprint density at radius 1 is 1.10 bits per heavy atom. The molecule has 0 saturated carbocycles. The zero-order valence-electron chi connectivity index (χ0n) is 12.1. The number of hydrogen-bond donors (Lipinski definition) is 1. The van der Waals surface area contributed by atoms with Gasteiger partial charge in [-0.05, 0) is 56.1 Å². The van der Waals surface area contributed by atoms with E-state index in [9.17, 15) is 0 Å². The molecule has 4 heteroatoms. The molecule has 0 bridgehead atoms. The Morgan fingerprint density at radius 3 is 2.45 bits per heavy atom. The van der Waals surface area contributed by atoms with Crippen molar-refractivity contribution in [3.8, 4) is 0 Å². The number of rotatable bonds is 5. The summed E-state index contributed by atoms with van der Waals surface area (Å²) in [5, 5.41) is 4.89. The van der Waals surface area contributed by atoms with Crippen LogP contribution in [0.25, 0.3) is 0 Å². The molecule has 2 nitrogen and oxygen atoms in total. The number of nitrogens with one attached hydrogen (secondary N) is 1. The van der Waals surface area contributed by atoms with Crippen molar-refractivity contribution in [1.29, 1.82) is 0 Å². The van der Waals surface area contributed by atoms with Gasteiger partial charge in [0.15, 0.2) is 0 Å². The predicted octanol–water partition coefficient (Wildman–Crippen LogP) is 4.28. The molecule has 0 fully saturated rings. The molecule has 0 spiro atoms. The topological polar surface area (TPSA) is 17.0 Å². The van der Waals surface area contributed by atoms with Gasteiger partial charge in [0.1, 0.15) is 0 Å². The van der Waals surface area contributed by atoms with E-state index in [1.165, 1.54) is 17.0 Å². The third kappa shape index (κ3) is 3.57. The van der Waals surface area contributed by atoms with E-state index in [0.717, 1.165) is 30.1 Å². The lowest BCUT2D eigenvalue weighted by molar-refractivity contribution is 0.681. The molecule has 0 saturated heterocycles. The SMILES string of the molecule is Cc1cc(CNCCc2ccc(Cl)cc2Cl)c(C)n1C. The summed E-state index contributed by atoms with van der Waals surface area (Å²) < 4.78 is 2.22. The molecule has 108 valence electrons. The van der Waals surface area contributed by atoms with Gasteiger partial charge < -0.3 is 9.88 Å². The van der Waals surface area contributed by atoms with E-state index in [1.807, 2.05) is 12.1 Å². The number of aromatic nitrogens is 1. The Kier molecular flexibility index (Phi) is 5.14. The van der Waals surface area contributed by atoms with Crippen LogP contribution in [-0.2, 0) is 20.0 Å². The number of benzene rings is 1. The van der Waals surface area contributed by atoms with Crippen LogP contribution in [0.15, 0.2) is 24.3 Å². The first-order valence-electron chi connectivity index (χ1n) is 6.75. The average Bonchev–Trinajstić information content (AvgIpc) is 2.64. The fourth-order valence-electron chi connectivity index (χ4n) is 2.28. The van der Waals surface area contributed by atoms with Gasteiger partial charge >= 0.3 is 0 Å². The van der Waals surface area contributed by atoms with Gasteiger partial charge in [-0.15, -0.1) is 0 Å². The van der Waals surface area contributed by atoms with Crippen molar-refractivity contribution < 1.29 is 0 Å². The quantitative estimate of drug-likeness (QED) is 0.816. The normalized spacial score (nSPS) is 11.1. The molecular formula is C16H20Cl2N2. The highest BCUT2D eigenvalue weighted by Crippen LogP contribution is 2.21. The number of hydrogen-bond acceptors (Lipinski definition) is 1. The van der Waals surface area contributed by atoms with E-state index in [-0.39, 0.29) is 0 Å². The van der Waals surface area contributed by atoms with Crippen LogP contribution in [0.1, 0.15) is 22.5 Å². The van der Waals surface area contributed by atoms with E-state index >= 15 is 0 Å². The molecule has 0 amide bonds. The van der Waals surface area contributed by atoms with Gasteiger partial charge in [0, 0.05) is 35.0 Å². The van der Waals surface area contributed by atoms with Crippen molar-refractivity contribution in [2.24, 2.45) is 7.05 Å². The van der Waals surface area contributed by atoms with Crippen LogP contribution >= 0.6 is 23.2 Å². The molecule has 2 aromatic rings. The summed E-state index contributed by atoms with van der Waals surface area (Å²) in [5.41, 5.74) is 5.09. The Morgan fingerprint density at radius 2 is 1.85 bits per heavy atom. The lowest BCUT2D eigenvalue weighted by Crippen LogP contribution is -2.17. The fourth-order valence-corrected chi connectivity index (χ4v) is 2.79. The highest BCUT2D eigenvalue weighted by Gasteiger charge is 2.06. The minimum atomic E-state index is 0.682. The van der Waals surface area contributed by atoms with Crippen molar-refractivity contribution in [2.75, 3.05) is 6.54 Å². The van der Waals surface area contributed by atoms with Gasteiger partial charge in [-0.2, -0.15) is 0 Å². The van der Waals surface area contributed by atoms with Crippen LogP contribution in [0.5, 0.6) is 0 Å². The van der Waals surface area contributed by atoms with Gasteiger partial charge in [-0.3, -0.25) is 0 Å². The van der Waals surface area contributed by atoms with E-state index in [4.69, 9.17) is 23.2 Å². The minimum Gasteiger partial charge on any atom is -0.352 e. The zero-order chi connectivity index (χ0) is 14.7. The summed E-state index contributed by atoms with van der Waals surface area (Å²) in [6.45, 7) is 6.07.